The number of carbonyl (C=O) groups excluding carboxylic acids is 1. The number of alkyl halides is 3. The third-order valence-electron chi connectivity index (χ3n) is 4.91. The van der Waals surface area contributed by atoms with Gasteiger partial charge in [-0.3, -0.25) is 9.69 Å². The minimum Gasteiger partial charge on any atom is -0.424 e. The van der Waals surface area contributed by atoms with Crippen molar-refractivity contribution in [2.45, 2.75) is 19.6 Å². The fraction of sp³-hybridized carbons (Fsp3) is 0.444. The van der Waals surface area contributed by atoms with E-state index in [2.05, 4.69) is 25.4 Å². The Morgan fingerprint density at radius 1 is 1.27 bits per heavy atom. The molecule has 1 amide bonds. The van der Waals surface area contributed by atoms with Crippen molar-refractivity contribution < 1.29 is 22.4 Å². The maximum atomic E-state index is 13.7. The first kappa shape index (κ1) is 20.5. The number of nitrogens with zero attached hydrogens (tertiary/aromatic N) is 5. The number of halogens is 3. The molecule has 0 aliphatic carbocycles. The van der Waals surface area contributed by atoms with Gasteiger partial charge in [0.2, 0.25) is 11.8 Å². The number of thiophene rings is 1. The van der Waals surface area contributed by atoms with Gasteiger partial charge in [-0.2, -0.15) is 13.2 Å². The predicted molar refractivity (Wildman–Crippen MR) is 105 cm³/mol. The SMILES string of the molecule is CNC(=O)c1csc2c(C(F)(F)F)cc(N3CCN(Cc4nnc(C)o4)CC3)nc12. The summed E-state index contributed by atoms with van der Waals surface area (Å²) in [6.45, 7) is 4.39. The van der Waals surface area contributed by atoms with E-state index in [0.29, 0.717) is 44.5 Å². The van der Waals surface area contributed by atoms with Gasteiger partial charge in [-0.25, -0.2) is 4.98 Å². The number of carbonyl (C=O) groups is 1. The van der Waals surface area contributed by atoms with Crippen molar-refractivity contribution >= 4 is 33.3 Å². The number of nitrogens with one attached hydrogen (secondary N) is 1. The van der Waals surface area contributed by atoms with Crippen LogP contribution in [-0.2, 0) is 12.7 Å². The Bertz CT molecular complexity index is 1070. The molecule has 1 saturated heterocycles. The van der Waals surface area contributed by atoms with Gasteiger partial charge in [0.15, 0.2) is 0 Å². The smallest absolute Gasteiger partial charge is 0.417 e. The zero-order valence-corrected chi connectivity index (χ0v) is 17.1. The number of rotatable bonds is 4. The molecule has 0 radical (unpaired) electrons. The predicted octanol–water partition coefficient (Wildman–Crippen LogP) is 2.69. The highest BCUT2D eigenvalue weighted by atomic mass is 32.1. The first-order valence-corrected chi connectivity index (χ1v) is 10.1. The molecule has 4 rings (SSSR count). The van der Waals surface area contributed by atoms with Crippen LogP contribution in [0.5, 0.6) is 0 Å². The zero-order chi connectivity index (χ0) is 21.5. The van der Waals surface area contributed by atoms with Crippen LogP contribution in [-0.4, -0.2) is 59.2 Å². The largest absolute Gasteiger partial charge is 0.424 e. The standard InChI is InChI=1S/C18H19F3N6O2S/c1-10-24-25-14(29-10)8-26-3-5-27(6-4-26)13-7-12(18(19,20)21)16-15(23-13)11(9-30-16)17(28)22-2/h7,9H,3-6,8H2,1-2H3,(H,22,28). The van der Waals surface area contributed by atoms with Gasteiger partial charge in [-0.1, -0.05) is 0 Å². The molecule has 160 valence electrons. The van der Waals surface area contributed by atoms with Gasteiger partial charge in [-0.15, -0.1) is 21.5 Å². The topological polar surface area (TPSA) is 87.4 Å². The lowest BCUT2D eigenvalue weighted by Gasteiger charge is -2.35. The summed E-state index contributed by atoms with van der Waals surface area (Å²) in [6, 6.07) is 1.07. The lowest BCUT2D eigenvalue weighted by Crippen LogP contribution is -2.46. The quantitative estimate of drug-likeness (QED) is 0.667. The van der Waals surface area contributed by atoms with Gasteiger partial charge in [0.1, 0.15) is 5.82 Å². The molecule has 0 spiro atoms. The number of piperazine rings is 1. The lowest BCUT2D eigenvalue weighted by atomic mass is 10.1. The van der Waals surface area contributed by atoms with Crippen molar-refractivity contribution in [2.24, 2.45) is 0 Å². The average Bonchev–Trinajstić information content (AvgIpc) is 3.32. The summed E-state index contributed by atoms with van der Waals surface area (Å²) < 4.78 is 46.4. The van der Waals surface area contributed by atoms with Crippen LogP contribution in [0.3, 0.4) is 0 Å². The van der Waals surface area contributed by atoms with Crippen LogP contribution < -0.4 is 10.2 Å². The van der Waals surface area contributed by atoms with Gasteiger partial charge in [0.25, 0.3) is 5.91 Å². The summed E-state index contributed by atoms with van der Waals surface area (Å²) in [5.41, 5.74) is -0.547. The second kappa shape index (κ2) is 7.84. The fourth-order valence-electron chi connectivity index (χ4n) is 3.39. The Morgan fingerprint density at radius 3 is 2.60 bits per heavy atom. The van der Waals surface area contributed by atoms with Crippen molar-refractivity contribution in [3.8, 4) is 0 Å². The van der Waals surface area contributed by atoms with E-state index < -0.39 is 17.6 Å². The third-order valence-corrected chi connectivity index (χ3v) is 5.91. The second-order valence-corrected chi connectivity index (χ2v) is 7.79. The number of anilines is 1. The molecule has 3 aromatic heterocycles. The fourth-order valence-corrected chi connectivity index (χ4v) is 4.41. The molecule has 0 aromatic carbocycles. The number of aryl methyl sites for hydroxylation is 1. The van der Waals surface area contributed by atoms with Crippen molar-refractivity contribution in [3.63, 3.8) is 0 Å². The normalized spacial score (nSPS) is 15.7. The highest BCUT2D eigenvalue weighted by Gasteiger charge is 2.36. The summed E-state index contributed by atoms with van der Waals surface area (Å²) in [5, 5.41) is 11.6. The van der Waals surface area contributed by atoms with E-state index in [1.165, 1.54) is 12.4 Å². The van der Waals surface area contributed by atoms with E-state index in [9.17, 15) is 18.0 Å². The monoisotopic (exact) mass is 440 g/mol. The maximum Gasteiger partial charge on any atom is 0.417 e. The number of fused-ring (bicyclic) bond motifs is 1. The second-order valence-electron chi connectivity index (χ2n) is 6.91. The molecule has 1 aliphatic rings. The average molecular weight is 440 g/mol. The first-order chi connectivity index (χ1) is 14.3. The van der Waals surface area contributed by atoms with E-state index in [1.54, 1.807) is 11.8 Å². The molecular formula is C18H19F3N6O2S. The molecule has 0 unspecified atom stereocenters. The van der Waals surface area contributed by atoms with Gasteiger partial charge in [-0.05, 0) is 6.07 Å². The molecule has 1 N–H and O–H groups in total. The van der Waals surface area contributed by atoms with Crippen molar-refractivity contribution in [1.29, 1.82) is 0 Å². The molecule has 30 heavy (non-hydrogen) atoms. The van der Waals surface area contributed by atoms with Crippen molar-refractivity contribution in [3.05, 3.63) is 34.4 Å². The molecule has 0 atom stereocenters. The minimum absolute atomic E-state index is 0.0322. The Balaban J connectivity index is 1.60. The summed E-state index contributed by atoms with van der Waals surface area (Å²) in [6.07, 6.45) is -4.54. The van der Waals surface area contributed by atoms with Crippen LogP contribution in [0, 0.1) is 6.92 Å². The van der Waals surface area contributed by atoms with Gasteiger partial charge in [0.05, 0.1) is 27.9 Å². The van der Waals surface area contributed by atoms with Gasteiger partial charge < -0.3 is 14.6 Å². The van der Waals surface area contributed by atoms with E-state index in [1.807, 2.05) is 0 Å². The zero-order valence-electron chi connectivity index (χ0n) is 16.3. The van der Waals surface area contributed by atoms with Crippen LogP contribution in [0.25, 0.3) is 10.2 Å². The van der Waals surface area contributed by atoms with Crippen LogP contribution in [0.15, 0.2) is 15.9 Å². The van der Waals surface area contributed by atoms with Gasteiger partial charge in [0, 0.05) is 45.5 Å². The summed E-state index contributed by atoms with van der Waals surface area (Å²) >= 11 is 0.877. The molecule has 1 fully saturated rings. The Labute approximate surface area is 173 Å². The molecule has 12 heteroatoms. The van der Waals surface area contributed by atoms with Gasteiger partial charge >= 0.3 is 6.18 Å². The van der Waals surface area contributed by atoms with E-state index in [-0.39, 0.29) is 21.6 Å². The van der Waals surface area contributed by atoms with E-state index in [0.717, 1.165) is 17.4 Å². The van der Waals surface area contributed by atoms with Crippen molar-refractivity contribution in [2.75, 3.05) is 38.1 Å². The molecule has 3 aromatic rings. The van der Waals surface area contributed by atoms with Crippen molar-refractivity contribution in [1.82, 2.24) is 25.4 Å². The number of aromatic nitrogens is 3. The molecule has 4 heterocycles. The first-order valence-electron chi connectivity index (χ1n) is 9.24. The summed E-state index contributed by atoms with van der Waals surface area (Å²) in [5.74, 6) is 0.752. The van der Waals surface area contributed by atoms with Crippen LogP contribution >= 0.6 is 11.3 Å². The van der Waals surface area contributed by atoms with Crippen LogP contribution in [0.2, 0.25) is 0 Å². The number of hydrogen-bond donors (Lipinski definition) is 1. The lowest BCUT2D eigenvalue weighted by molar-refractivity contribution is -0.136. The Morgan fingerprint density at radius 2 is 2.00 bits per heavy atom. The molecule has 1 aliphatic heterocycles. The maximum absolute atomic E-state index is 13.7. The van der Waals surface area contributed by atoms with Crippen LogP contribution in [0.4, 0.5) is 19.0 Å². The van der Waals surface area contributed by atoms with E-state index in [4.69, 9.17) is 4.42 Å². The minimum atomic E-state index is -4.54. The number of pyridine rings is 1. The molecular weight excluding hydrogens is 421 g/mol. The third kappa shape index (κ3) is 3.97. The molecule has 8 nitrogen and oxygen atoms in total. The Hall–Kier alpha value is -2.73. The Kier molecular flexibility index (Phi) is 5.36. The van der Waals surface area contributed by atoms with Crippen LogP contribution in [0.1, 0.15) is 27.7 Å². The number of amides is 1. The molecule has 0 bridgehead atoms. The highest BCUT2D eigenvalue weighted by Crippen LogP contribution is 2.40. The summed E-state index contributed by atoms with van der Waals surface area (Å²) in [4.78, 5) is 20.4. The number of hydrogen-bond acceptors (Lipinski definition) is 8. The highest BCUT2D eigenvalue weighted by molar-refractivity contribution is 7.17. The van der Waals surface area contributed by atoms with E-state index >= 15 is 0 Å². The summed E-state index contributed by atoms with van der Waals surface area (Å²) in [7, 11) is 1.43. The molecule has 0 saturated carbocycles.